The van der Waals surface area contributed by atoms with Gasteiger partial charge in [0.25, 0.3) is 0 Å². The first-order chi connectivity index (χ1) is 15.5. The second-order valence-electron chi connectivity index (χ2n) is 6.99. The number of rotatable bonds is 8. The van der Waals surface area contributed by atoms with Gasteiger partial charge in [-0.1, -0.05) is 17.8 Å². The van der Waals surface area contributed by atoms with Crippen molar-refractivity contribution >= 4 is 62.2 Å². The fourth-order valence-corrected chi connectivity index (χ4v) is 5.69. The molecule has 2 aromatic heterocycles. The number of ether oxygens (including phenoxy) is 1. The lowest BCUT2D eigenvalue weighted by molar-refractivity contribution is -0.142. The van der Waals surface area contributed by atoms with Crippen molar-refractivity contribution in [2.45, 2.75) is 24.6 Å². The van der Waals surface area contributed by atoms with Crippen molar-refractivity contribution in [2.75, 3.05) is 17.7 Å². The van der Waals surface area contributed by atoms with E-state index in [1.54, 1.807) is 18.3 Å². The van der Waals surface area contributed by atoms with Crippen LogP contribution in [0, 0.1) is 6.92 Å². The van der Waals surface area contributed by atoms with E-state index in [-0.39, 0.29) is 24.1 Å². The number of hydrogen-bond donors (Lipinski definition) is 1. The largest absolute Gasteiger partial charge is 0.466 e. The summed E-state index contributed by atoms with van der Waals surface area (Å²) in [6.07, 6.45) is 0.151. The maximum atomic E-state index is 12.3. The second-order valence-corrected chi connectivity index (χ2v) is 10.1. The molecule has 0 aliphatic carbocycles. The van der Waals surface area contributed by atoms with Crippen LogP contribution in [-0.4, -0.2) is 34.2 Å². The minimum absolute atomic E-state index is 0.111. The van der Waals surface area contributed by atoms with E-state index in [1.165, 1.54) is 33.4 Å². The monoisotopic (exact) mass is 483 g/mol. The minimum Gasteiger partial charge on any atom is -0.466 e. The number of amides is 1. The number of anilines is 1. The summed E-state index contributed by atoms with van der Waals surface area (Å²) < 4.78 is 6.85. The Bertz CT molecular complexity index is 1250. The molecule has 164 valence electrons. The van der Waals surface area contributed by atoms with E-state index in [0.29, 0.717) is 12.3 Å². The Morgan fingerprint density at radius 3 is 2.72 bits per heavy atom. The molecule has 0 bridgehead atoms. The Labute approximate surface area is 198 Å². The summed E-state index contributed by atoms with van der Waals surface area (Å²) in [4.78, 5) is 32.9. The van der Waals surface area contributed by atoms with Crippen molar-refractivity contribution in [3.8, 4) is 10.6 Å². The molecule has 0 fully saturated rings. The molecule has 0 aliphatic heterocycles. The molecule has 0 spiro atoms. The number of nitrogens with one attached hydrogen (secondary N) is 1. The van der Waals surface area contributed by atoms with Crippen LogP contribution in [0.25, 0.3) is 20.8 Å². The van der Waals surface area contributed by atoms with Gasteiger partial charge in [-0.2, -0.15) is 0 Å². The van der Waals surface area contributed by atoms with Crippen LogP contribution in [0.3, 0.4) is 0 Å². The normalized spacial score (nSPS) is 10.9. The van der Waals surface area contributed by atoms with E-state index in [1.807, 2.05) is 35.7 Å². The zero-order chi connectivity index (χ0) is 22.5. The van der Waals surface area contributed by atoms with Gasteiger partial charge in [-0.05, 0) is 55.8 Å². The molecular formula is C23H21N3O3S3. The third kappa shape index (κ3) is 5.73. The highest BCUT2D eigenvalue weighted by molar-refractivity contribution is 8.01. The average Bonchev–Trinajstić information content (AvgIpc) is 3.39. The predicted octanol–water partition coefficient (Wildman–Crippen LogP) is 5.56. The summed E-state index contributed by atoms with van der Waals surface area (Å²) in [6, 6.07) is 14.0. The van der Waals surface area contributed by atoms with Crippen molar-refractivity contribution in [1.29, 1.82) is 0 Å². The van der Waals surface area contributed by atoms with Crippen LogP contribution in [0.1, 0.15) is 18.2 Å². The molecule has 0 saturated carbocycles. The lowest BCUT2D eigenvalue weighted by atomic mass is 10.2. The van der Waals surface area contributed by atoms with E-state index >= 15 is 0 Å². The summed E-state index contributed by atoms with van der Waals surface area (Å²) in [5, 5.41) is 5.68. The predicted molar refractivity (Wildman–Crippen MR) is 132 cm³/mol. The van der Waals surface area contributed by atoms with Crippen molar-refractivity contribution in [1.82, 2.24) is 9.97 Å². The molecule has 4 rings (SSSR count). The minimum atomic E-state index is -0.295. The molecule has 0 radical (unpaired) electrons. The SMILES string of the molecule is CCOC(=O)Cc1csc(SCC(=O)Nc2ccc(-c3nc4ccc(C)cc4s3)cc2)n1. The maximum Gasteiger partial charge on any atom is 0.311 e. The zero-order valence-electron chi connectivity index (χ0n) is 17.6. The quantitative estimate of drug-likeness (QED) is 0.261. The van der Waals surface area contributed by atoms with Crippen LogP contribution in [-0.2, 0) is 20.7 Å². The number of esters is 1. The van der Waals surface area contributed by atoms with E-state index < -0.39 is 0 Å². The number of thiazole rings is 2. The van der Waals surface area contributed by atoms with Crippen LogP contribution in [0.5, 0.6) is 0 Å². The average molecular weight is 484 g/mol. The molecule has 9 heteroatoms. The summed E-state index contributed by atoms with van der Waals surface area (Å²) in [5.74, 6) is -0.164. The molecule has 0 atom stereocenters. The Morgan fingerprint density at radius 2 is 1.94 bits per heavy atom. The molecule has 0 unspecified atom stereocenters. The van der Waals surface area contributed by atoms with Gasteiger partial charge in [0.05, 0.1) is 34.7 Å². The van der Waals surface area contributed by atoms with Crippen molar-refractivity contribution < 1.29 is 14.3 Å². The zero-order valence-corrected chi connectivity index (χ0v) is 20.0. The molecule has 0 saturated heterocycles. The number of carbonyl (C=O) groups excluding carboxylic acids is 2. The van der Waals surface area contributed by atoms with Crippen LogP contribution >= 0.6 is 34.4 Å². The summed E-state index contributed by atoms with van der Waals surface area (Å²) in [6.45, 7) is 4.20. The van der Waals surface area contributed by atoms with Gasteiger partial charge in [-0.25, -0.2) is 9.97 Å². The highest BCUT2D eigenvalue weighted by atomic mass is 32.2. The van der Waals surface area contributed by atoms with E-state index in [2.05, 4.69) is 29.4 Å². The van der Waals surface area contributed by atoms with Gasteiger partial charge in [0.15, 0.2) is 4.34 Å². The van der Waals surface area contributed by atoms with Gasteiger partial charge in [-0.3, -0.25) is 9.59 Å². The Morgan fingerprint density at radius 1 is 1.12 bits per heavy atom. The molecule has 2 aromatic carbocycles. The van der Waals surface area contributed by atoms with Gasteiger partial charge in [0.1, 0.15) is 5.01 Å². The number of aryl methyl sites for hydroxylation is 1. The number of nitrogens with zero attached hydrogens (tertiary/aromatic N) is 2. The van der Waals surface area contributed by atoms with Gasteiger partial charge in [0.2, 0.25) is 5.91 Å². The first-order valence-electron chi connectivity index (χ1n) is 10.0. The molecule has 6 nitrogen and oxygen atoms in total. The first-order valence-corrected chi connectivity index (χ1v) is 12.7. The summed E-state index contributed by atoms with van der Waals surface area (Å²) in [5.41, 5.74) is 4.64. The van der Waals surface area contributed by atoms with Gasteiger partial charge in [0, 0.05) is 16.6 Å². The smallest absolute Gasteiger partial charge is 0.311 e. The number of aromatic nitrogens is 2. The van der Waals surface area contributed by atoms with Crippen molar-refractivity contribution in [3.05, 3.63) is 59.1 Å². The van der Waals surface area contributed by atoms with E-state index in [9.17, 15) is 9.59 Å². The molecule has 1 N–H and O–H groups in total. The molecule has 1 amide bonds. The maximum absolute atomic E-state index is 12.3. The molecule has 4 aromatic rings. The van der Waals surface area contributed by atoms with Crippen LogP contribution in [0.15, 0.2) is 52.2 Å². The summed E-state index contributed by atoms with van der Waals surface area (Å²) >= 11 is 4.43. The Balaban J connectivity index is 1.31. The Hall–Kier alpha value is -2.75. The van der Waals surface area contributed by atoms with Gasteiger partial charge < -0.3 is 10.1 Å². The fraction of sp³-hybridized carbons (Fsp3) is 0.217. The van der Waals surface area contributed by atoms with Gasteiger partial charge >= 0.3 is 5.97 Å². The standard InChI is InChI=1S/C23H21N3O3S3/c1-3-29-21(28)11-17-12-30-23(25-17)31-13-20(27)24-16-7-5-15(6-8-16)22-26-18-9-4-14(2)10-19(18)32-22/h4-10,12H,3,11,13H2,1-2H3,(H,24,27). The number of benzene rings is 2. The third-order valence-electron chi connectivity index (χ3n) is 4.45. The highest BCUT2D eigenvalue weighted by Gasteiger charge is 2.11. The number of hydrogen-bond acceptors (Lipinski definition) is 8. The number of fused-ring (bicyclic) bond motifs is 1. The van der Waals surface area contributed by atoms with Gasteiger partial charge in [-0.15, -0.1) is 22.7 Å². The highest BCUT2D eigenvalue weighted by Crippen LogP contribution is 2.31. The van der Waals surface area contributed by atoms with E-state index in [4.69, 9.17) is 9.72 Å². The fourth-order valence-electron chi connectivity index (χ4n) is 2.97. The van der Waals surface area contributed by atoms with Crippen molar-refractivity contribution in [2.24, 2.45) is 0 Å². The van der Waals surface area contributed by atoms with Crippen LogP contribution in [0.4, 0.5) is 5.69 Å². The summed E-state index contributed by atoms with van der Waals surface area (Å²) in [7, 11) is 0. The van der Waals surface area contributed by atoms with Crippen LogP contribution in [0.2, 0.25) is 0 Å². The van der Waals surface area contributed by atoms with Crippen LogP contribution < -0.4 is 5.32 Å². The first kappa shape index (κ1) is 22.4. The second kappa shape index (κ2) is 10.2. The van der Waals surface area contributed by atoms with Crippen molar-refractivity contribution in [3.63, 3.8) is 0 Å². The molecule has 32 heavy (non-hydrogen) atoms. The molecule has 0 aliphatic rings. The Kier molecular flexibility index (Phi) is 7.19. The number of carbonyl (C=O) groups is 2. The molecule has 2 heterocycles. The lowest BCUT2D eigenvalue weighted by Crippen LogP contribution is -2.13. The van der Waals surface area contributed by atoms with E-state index in [0.717, 1.165) is 26.1 Å². The lowest BCUT2D eigenvalue weighted by Gasteiger charge is -2.05. The topological polar surface area (TPSA) is 81.2 Å². The molecular weight excluding hydrogens is 462 g/mol. The number of thioether (sulfide) groups is 1. The third-order valence-corrected chi connectivity index (χ3v) is 7.58.